The van der Waals surface area contributed by atoms with E-state index in [1.165, 1.54) is 19.3 Å². The van der Waals surface area contributed by atoms with Gasteiger partial charge in [-0.2, -0.15) is 0 Å². The molecule has 2 heterocycles. The first-order chi connectivity index (χ1) is 10.7. The highest BCUT2D eigenvalue weighted by Crippen LogP contribution is 2.07. The Bertz CT molecular complexity index is 512. The summed E-state index contributed by atoms with van der Waals surface area (Å²) in [5.41, 5.74) is 0. The molecule has 1 aromatic rings. The molecule has 2 N–H and O–H groups in total. The van der Waals surface area contributed by atoms with Crippen LogP contribution in [-0.4, -0.2) is 39.7 Å². The third kappa shape index (κ3) is 4.54. The number of hydrogen-bond donors (Lipinski definition) is 2. The van der Waals surface area contributed by atoms with Crippen molar-refractivity contribution in [3.63, 3.8) is 0 Å². The van der Waals surface area contributed by atoms with E-state index in [9.17, 15) is 9.59 Å². The SMILES string of the molecule is CCCCCCCC(=O)NCCc1nnc2n1CCNC2=O. The molecule has 0 spiro atoms. The van der Waals surface area contributed by atoms with Crippen molar-refractivity contribution < 1.29 is 9.59 Å². The molecule has 0 aromatic carbocycles. The van der Waals surface area contributed by atoms with Crippen LogP contribution in [0.5, 0.6) is 0 Å². The summed E-state index contributed by atoms with van der Waals surface area (Å²) in [6.45, 7) is 4.00. The van der Waals surface area contributed by atoms with Crippen molar-refractivity contribution in [1.29, 1.82) is 0 Å². The highest BCUT2D eigenvalue weighted by atomic mass is 16.2. The maximum absolute atomic E-state index is 11.7. The Hall–Kier alpha value is -1.92. The lowest BCUT2D eigenvalue weighted by Crippen LogP contribution is -2.36. The molecule has 1 aliphatic heterocycles. The van der Waals surface area contributed by atoms with E-state index in [1.54, 1.807) is 0 Å². The second-order valence-electron chi connectivity index (χ2n) is 5.61. The van der Waals surface area contributed by atoms with Crippen molar-refractivity contribution in [3.8, 4) is 0 Å². The van der Waals surface area contributed by atoms with Crippen LogP contribution in [0, 0.1) is 0 Å². The zero-order valence-electron chi connectivity index (χ0n) is 13.2. The molecule has 7 heteroatoms. The van der Waals surface area contributed by atoms with Crippen LogP contribution in [0.4, 0.5) is 0 Å². The maximum Gasteiger partial charge on any atom is 0.289 e. The van der Waals surface area contributed by atoms with Gasteiger partial charge in [-0.3, -0.25) is 9.59 Å². The van der Waals surface area contributed by atoms with Gasteiger partial charge in [0, 0.05) is 32.5 Å². The van der Waals surface area contributed by atoms with Crippen LogP contribution in [0.15, 0.2) is 0 Å². The van der Waals surface area contributed by atoms with Gasteiger partial charge in [0.05, 0.1) is 0 Å². The fourth-order valence-electron chi connectivity index (χ4n) is 2.57. The lowest BCUT2D eigenvalue weighted by molar-refractivity contribution is -0.121. The van der Waals surface area contributed by atoms with Crippen molar-refractivity contribution >= 4 is 11.8 Å². The van der Waals surface area contributed by atoms with Crippen LogP contribution in [0.2, 0.25) is 0 Å². The number of fused-ring (bicyclic) bond motifs is 1. The molecular formula is C15H25N5O2. The maximum atomic E-state index is 11.7. The average Bonchev–Trinajstić information content (AvgIpc) is 2.92. The van der Waals surface area contributed by atoms with Gasteiger partial charge in [0.25, 0.3) is 5.91 Å². The summed E-state index contributed by atoms with van der Waals surface area (Å²) in [5.74, 6) is 1.03. The quantitative estimate of drug-likeness (QED) is 0.667. The zero-order valence-corrected chi connectivity index (χ0v) is 13.2. The summed E-state index contributed by atoms with van der Waals surface area (Å²) in [4.78, 5) is 23.3. The van der Waals surface area contributed by atoms with E-state index in [2.05, 4.69) is 27.8 Å². The van der Waals surface area contributed by atoms with Crippen molar-refractivity contribution in [2.75, 3.05) is 13.1 Å². The van der Waals surface area contributed by atoms with Crippen molar-refractivity contribution in [3.05, 3.63) is 11.6 Å². The monoisotopic (exact) mass is 307 g/mol. The van der Waals surface area contributed by atoms with E-state index in [-0.39, 0.29) is 11.8 Å². The minimum Gasteiger partial charge on any atom is -0.356 e. The lowest BCUT2D eigenvalue weighted by Gasteiger charge is -2.15. The van der Waals surface area contributed by atoms with Gasteiger partial charge in [-0.05, 0) is 6.42 Å². The van der Waals surface area contributed by atoms with Gasteiger partial charge in [0.1, 0.15) is 5.82 Å². The Morgan fingerprint density at radius 1 is 1.27 bits per heavy atom. The third-order valence-electron chi connectivity index (χ3n) is 3.83. The number of carbonyl (C=O) groups is 2. The second kappa shape index (κ2) is 8.51. The molecule has 0 atom stereocenters. The summed E-state index contributed by atoms with van der Waals surface area (Å²) in [7, 11) is 0. The van der Waals surface area contributed by atoms with Crippen LogP contribution in [0.1, 0.15) is 61.9 Å². The van der Waals surface area contributed by atoms with Gasteiger partial charge in [-0.25, -0.2) is 0 Å². The lowest BCUT2D eigenvalue weighted by atomic mass is 10.1. The van der Waals surface area contributed by atoms with Crippen LogP contribution < -0.4 is 10.6 Å². The molecule has 1 aromatic heterocycles. The van der Waals surface area contributed by atoms with Gasteiger partial charge in [0.2, 0.25) is 11.7 Å². The number of nitrogens with one attached hydrogen (secondary N) is 2. The van der Waals surface area contributed by atoms with Gasteiger partial charge in [0.15, 0.2) is 0 Å². The number of aromatic nitrogens is 3. The number of rotatable bonds is 9. The summed E-state index contributed by atoms with van der Waals surface area (Å²) in [6.07, 6.45) is 6.92. The van der Waals surface area contributed by atoms with E-state index in [0.717, 1.165) is 18.7 Å². The fraction of sp³-hybridized carbons (Fsp3) is 0.733. The highest BCUT2D eigenvalue weighted by Gasteiger charge is 2.21. The van der Waals surface area contributed by atoms with Crippen LogP contribution in [0.3, 0.4) is 0 Å². The molecule has 0 unspecified atom stereocenters. The van der Waals surface area contributed by atoms with E-state index in [1.807, 2.05) is 4.57 Å². The number of amides is 2. The Labute approximate surface area is 130 Å². The average molecular weight is 307 g/mol. The molecule has 0 saturated heterocycles. The third-order valence-corrected chi connectivity index (χ3v) is 3.83. The van der Waals surface area contributed by atoms with Crippen LogP contribution in [0.25, 0.3) is 0 Å². The number of carbonyl (C=O) groups excluding carboxylic acids is 2. The first kappa shape index (κ1) is 16.5. The molecular weight excluding hydrogens is 282 g/mol. The predicted molar refractivity (Wildman–Crippen MR) is 82.4 cm³/mol. The topological polar surface area (TPSA) is 88.9 Å². The van der Waals surface area contributed by atoms with Crippen molar-refractivity contribution in [2.45, 2.75) is 58.4 Å². The summed E-state index contributed by atoms with van der Waals surface area (Å²) < 4.78 is 1.83. The standard InChI is InChI=1S/C15H25N5O2/c1-2-3-4-5-6-7-13(21)16-9-8-12-18-19-14-15(22)17-10-11-20(12)14/h2-11H2,1H3,(H,16,21)(H,17,22). The Kier molecular flexibility index (Phi) is 6.36. The Morgan fingerprint density at radius 2 is 2.09 bits per heavy atom. The number of hydrogen-bond acceptors (Lipinski definition) is 4. The van der Waals surface area contributed by atoms with Crippen molar-refractivity contribution in [2.24, 2.45) is 0 Å². The Morgan fingerprint density at radius 3 is 2.91 bits per heavy atom. The van der Waals surface area contributed by atoms with Crippen molar-refractivity contribution in [1.82, 2.24) is 25.4 Å². The largest absolute Gasteiger partial charge is 0.356 e. The minimum atomic E-state index is -0.180. The highest BCUT2D eigenvalue weighted by molar-refractivity contribution is 5.91. The minimum absolute atomic E-state index is 0.0904. The zero-order chi connectivity index (χ0) is 15.8. The Balaban J connectivity index is 1.66. The van der Waals surface area contributed by atoms with Crippen LogP contribution >= 0.6 is 0 Å². The van der Waals surface area contributed by atoms with Gasteiger partial charge in [-0.1, -0.05) is 32.6 Å². The van der Waals surface area contributed by atoms with E-state index in [4.69, 9.17) is 0 Å². The fourth-order valence-corrected chi connectivity index (χ4v) is 2.57. The van der Waals surface area contributed by atoms with Gasteiger partial charge in [-0.15, -0.1) is 10.2 Å². The predicted octanol–water partition coefficient (Wildman–Crippen LogP) is 1.04. The molecule has 122 valence electrons. The molecule has 2 amide bonds. The number of unbranched alkanes of at least 4 members (excludes halogenated alkanes) is 4. The second-order valence-corrected chi connectivity index (χ2v) is 5.61. The molecule has 22 heavy (non-hydrogen) atoms. The summed E-state index contributed by atoms with van der Waals surface area (Å²) in [6, 6.07) is 0. The smallest absolute Gasteiger partial charge is 0.289 e. The first-order valence-electron chi connectivity index (χ1n) is 8.19. The molecule has 0 fully saturated rings. The summed E-state index contributed by atoms with van der Waals surface area (Å²) >= 11 is 0. The normalized spacial score (nSPS) is 13.6. The van der Waals surface area contributed by atoms with E-state index < -0.39 is 0 Å². The molecule has 0 saturated carbocycles. The molecule has 0 aliphatic carbocycles. The van der Waals surface area contributed by atoms with Gasteiger partial charge >= 0.3 is 0 Å². The molecule has 0 bridgehead atoms. The first-order valence-corrected chi connectivity index (χ1v) is 8.19. The van der Waals surface area contributed by atoms with E-state index >= 15 is 0 Å². The van der Waals surface area contributed by atoms with E-state index in [0.29, 0.717) is 38.3 Å². The van der Waals surface area contributed by atoms with Crippen LogP contribution in [-0.2, 0) is 17.8 Å². The molecule has 2 rings (SSSR count). The molecule has 7 nitrogen and oxygen atoms in total. The summed E-state index contributed by atoms with van der Waals surface area (Å²) in [5, 5.41) is 13.6. The molecule has 0 radical (unpaired) electrons. The molecule has 1 aliphatic rings. The van der Waals surface area contributed by atoms with Gasteiger partial charge < -0.3 is 15.2 Å². The number of nitrogens with zero attached hydrogens (tertiary/aromatic N) is 3.